The molecular weight excluding hydrogens is 250 g/mol. The molecule has 0 bridgehead atoms. The van der Waals surface area contributed by atoms with Crippen molar-refractivity contribution in [3.63, 3.8) is 0 Å². The summed E-state index contributed by atoms with van der Waals surface area (Å²) in [7, 11) is 6.23. The van der Waals surface area contributed by atoms with Gasteiger partial charge in [-0.15, -0.1) is 0 Å². The van der Waals surface area contributed by atoms with Crippen LogP contribution in [0.1, 0.15) is 37.6 Å². The first-order valence-corrected chi connectivity index (χ1v) is 7.41. The van der Waals surface area contributed by atoms with Crippen molar-refractivity contribution in [2.24, 2.45) is 0 Å². The van der Waals surface area contributed by atoms with E-state index in [1.54, 1.807) is 0 Å². The normalized spacial score (nSPS) is 19.2. The van der Waals surface area contributed by atoms with Crippen molar-refractivity contribution in [1.29, 1.82) is 0 Å². The molecule has 1 aliphatic heterocycles. The molecule has 1 saturated heterocycles. The van der Waals surface area contributed by atoms with Crippen LogP contribution < -0.4 is 10.2 Å². The number of hydrogen-bond acceptors (Lipinski definition) is 5. The summed E-state index contributed by atoms with van der Waals surface area (Å²) in [5.74, 6) is 3.31. The second kappa shape index (κ2) is 5.95. The first kappa shape index (κ1) is 15.0. The molecule has 1 aliphatic rings. The molecule has 112 valence electrons. The summed E-state index contributed by atoms with van der Waals surface area (Å²) in [4.78, 5) is 14.1. The second-order valence-electron chi connectivity index (χ2n) is 6.14. The van der Waals surface area contributed by atoms with Crippen molar-refractivity contribution < 1.29 is 0 Å². The third-order valence-electron chi connectivity index (χ3n) is 4.08. The van der Waals surface area contributed by atoms with Crippen LogP contribution in [0.5, 0.6) is 0 Å². The van der Waals surface area contributed by atoms with E-state index in [9.17, 15) is 0 Å². The molecule has 0 spiro atoms. The number of anilines is 2. The molecule has 1 aromatic heterocycles. The average molecular weight is 277 g/mol. The first-order chi connectivity index (χ1) is 9.43. The molecule has 0 aromatic carbocycles. The fraction of sp³-hybridized carbons (Fsp3) is 0.733. The quantitative estimate of drug-likeness (QED) is 0.913. The van der Waals surface area contributed by atoms with Gasteiger partial charge in [0.25, 0.3) is 0 Å². The van der Waals surface area contributed by atoms with Crippen LogP contribution in [0.3, 0.4) is 0 Å². The van der Waals surface area contributed by atoms with Crippen LogP contribution in [0, 0.1) is 6.92 Å². The van der Waals surface area contributed by atoms with Crippen molar-refractivity contribution in [3.05, 3.63) is 11.4 Å². The van der Waals surface area contributed by atoms with Gasteiger partial charge in [0.1, 0.15) is 17.5 Å². The maximum absolute atomic E-state index is 4.81. The molecule has 0 aliphatic carbocycles. The predicted octanol–water partition coefficient (Wildman–Crippen LogP) is 2.09. The smallest absolute Gasteiger partial charge is 0.137 e. The molecule has 2 rings (SSSR count). The number of rotatable bonds is 4. The molecule has 2 heterocycles. The zero-order valence-corrected chi connectivity index (χ0v) is 13.6. The van der Waals surface area contributed by atoms with E-state index < -0.39 is 0 Å². The average Bonchev–Trinajstić information content (AvgIpc) is 2.88. The Hall–Kier alpha value is -1.36. The molecule has 0 amide bonds. The van der Waals surface area contributed by atoms with Crippen LogP contribution in [0.15, 0.2) is 0 Å². The maximum Gasteiger partial charge on any atom is 0.137 e. The van der Waals surface area contributed by atoms with E-state index in [0.717, 1.165) is 36.1 Å². The minimum atomic E-state index is 0.341. The lowest BCUT2D eigenvalue weighted by Gasteiger charge is -2.24. The van der Waals surface area contributed by atoms with Gasteiger partial charge in [-0.25, -0.2) is 9.97 Å². The summed E-state index contributed by atoms with van der Waals surface area (Å²) in [5.41, 5.74) is 1.15. The highest BCUT2D eigenvalue weighted by Crippen LogP contribution is 2.28. The number of nitrogens with zero attached hydrogens (tertiary/aromatic N) is 4. The monoisotopic (exact) mass is 277 g/mol. The summed E-state index contributed by atoms with van der Waals surface area (Å²) in [5, 5.41) is 3.20. The lowest BCUT2D eigenvalue weighted by atomic mass is 10.2. The summed E-state index contributed by atoms with van der Waals surface area (Å²) >= 11 is 0. The number of hydrogen-bond donors (Lipinski definition) is 1. The molecule has 0 radical (unpaired) electrons. The summed E-state index contributed by atoms with van der Waals surface area (Å²) in [6, 6.07) is 0.616. The number of aromatic nitrogens is 2. The van der Waals surface area contributed by atoms with Crippen molar-refractivity contribution in [1.82, 2.24) is 14.9 Å². The molecule has 1 N–H and O–H groups in total. The van der Waals surface area contributed by atoms with Crippen LogP contribution in [-0.2, 0) is 0 Å². The maximum atomic E-state index is 4.81. The van der Waals surface area contributed by atoms with E-state index in [1.807, 2.05) is 7.05 Å². The topological polar surface area (TPSA) is 44.3 Å². The molecule has 1 aromatic rings. The van der Waals surface area contributed by atoms with E-state index in [0.29, 0.717) is 12.0 Å². The minimum absolute atomic E-state index is 0.341. The lowest BCUT2D eigenvalue weighted by molar-refractivity contribution is 0.315. The van der Waals surface area contributed by atoms with Gasteiger partial charge in [0.2, 0.25) is 0 Å². The minimum Gasteiger partial charge on any atom is -0.373 e. The molecular formula is C15H27N5. The highest BCUT2D eigenvalue weighted by molar-refractivity contribution is 5.59. The van der Waals surface area contributed by atoms with Gasteiger partial charge < -0.3 is 15.1 Å². The summed E-state index contributed by atoms with van der Waals surface area (Å²) in [6.07, 6.45) is 1.20. The van der Waals surface area contributed by atoms with Gasteiger partial charge in [0.05, 0.1) is 0 Å². The van der Waals surface area contributed by atoms with Crippen molar-refractivity contribution in [3.8, 4) is 0 Å². The van der Waals surface area contributed by atoms with E-state index in [1.165, 1.54) is 6.42 Å². The third kappa shape index (κ3) is 2.87. The molecule has 5 nitrogen and oxygen atoms in total. The zero-order chi connectivity index (χ0) is 14.9. The first-order valence-electron chi connectivity index (χ1n) is 7.41. The van der Waals surface area contributed by atoms with Gasteiger partial charge in [0.15, 0.2) is 0 Å². The molecule has 1 unspecified atom stereocenters. The Balaban J connectivity index is 2.33. The van der Waals surface area contributed by atoms with Crippen molar-refractivity contribution in [2.45, 2.75) is 39.2 Å². The zero-order valence-electron chi connectivity index (χ0n) is 13.6. The van der Waals surface area contributed by atoms with Crippen LogP contribution in [-0.4, -0.2) is 55.1 Å². The largest absolute Gasteiger partial charge is 0.373 e. The molecule has 1 atom stereocenters. The van der Waals surface area contributed by atoms with E-state index >= 15 is 0 Å². The highest BCUT2D eigenvalue weighted by Gasteiger charge is 2.27. The van der Waals surface area contributed by atoms with Gasteiger partial charge in [-0.2, -0.15) is 0 Å². The van der Waals surface area contributed by atoms with Gasteiger partial charge >= 0.3 is 0 Å². The Morgan fingerprint density at radius 1 is 1.30 bits per heavy atom. The van der Waals surface area contributed by atoms with Crippen LogP contribution >= 0.6 is 0 Å². The van der Waals surface area contributed by atoms with Gasteiger partial charge in [-0.1, -0.05) is 13.8 Å². The van der Waals surface area contributed by atoms with E-state index in [2.05, 4.69) is 55.0 Å². The van der Waals surface area contributed by atoms with Crippen molar-refractivity contribution >= 4 is 11.6 Å². The molecule has 20 heavy (non-hydrogen) atoms. The SMILES string of the molecule is CNc1nc(C(C)C)nc(N2CCC(N(C)C)C2)c1C. The van der Waals surface area contributed by atoms with E-state index in [4.69, 9.17) is 4.98 Å². The Bertz CT molecular complexity index is 470. The Morgan fingerprint density at radius 2 is 2.00 bits per heavy atom. The van der Waals surface area contributed by atoms with Crippen LogP contribution in [0.4, 0.5) is 11.6 Å². The van der Waals surface area contributed by atoms with Gasteiger partial charge in [0, 0.05) is 37.7 Å². The Labute approximate surface area is 122 Å². The standard InChI is InChI=1S/C15H27N5/c1-10(2)13-17-14(16-4)11(3)15(18-13)20-8-7-12(9-20)19(5)6/h10,12H,7-9H2,1-6H3,(H,16,17,18). The second-order valence-corrected chi connectivity index (χ2v) is 6.14. The van der Waals surface area contributed by atoms with Crippen molar-refractivity contribution in [2.75, 3.05) is 44.4 Å². The summed E-state index contributed by atoms with van der Waals surface area (Å²) in [6.45, 7) is 8.50. The Kier molecular flexibility index (Phi) is 4.48. The van der Waals surface area contributed by atoms with Crippen LogP contribution in [0.2, 0.25) is 0 Å². The fourth-order valence-electron chi connectivity index (χ4n) is 2.69. The predicted molar refractivity (Wildman–Crippen MR) is 84.7 cm³/mol. The van der Waals surface area contributed by atoms with Crippen LogP contribution in [0.25, 0.3) is 0 Å². The van der Waals surface area contributed by atoms with Gasteiger partial charge in [-0.05, 0) is 27.4 Å². The fourth-order valence-corrected chi connectivity index (χ4v) is 2.69. The Morgan fingerprint density at radius 3 is 2.50 bits per heavy atom. The molecule has 0 saturated carbocycles. The summed E-state index contributed by atoms with van der Waals surface area (Å²) < 4.78 is 0. The van der Waals surface area contributed by atoms with E-state index in [-0.39, 0.29) is 0 Å². The lowest BCUT2D eigenvalue weighted by Crippen LogP contribution is -2.32. The molecule has 1 fully saturated rings. The number of likely N-dealkylation sites (N-methyl/N-ethyl adjacent to an activating group) is 1. The molecule has 5 heteroatoms. The number of nitrogens with one attached hydrogen (secondary N) is 1. The third-order valence-corrected chi connectivity index (χ3v) is 4.08. The van der Waals surface area contributed by atoms with Gasteiger partial charge in [-0.3, -0.25) is 0 Å². The highest BCUT2D eigenvalue weighted by atomic mass is 15.3.